The highest BCUT2D eigenvalue weighted by Crippen LogP contribution is 2.41. The number of hydrogen-bond donors (Lipinski definition) is 0. The van der Waals surface area contributed by atoms with Crippen LogP contribution in [-0.2, 0) is 14.8 Å². The van der Waals surface area contributed by atoms with Gasteiger partial charge in [0, 0.05) is 27.3 Å². The van der Waals surface area contributed by atoms with Crippen LogP contribution in [0.3, 0.4) is 0 Å². The molecule has 2 rings (SSSR count). The second kappa shape index (κ2) is 3.98. The van der Waals surface area contributed by atoms with Crippen LogP contribution in [0.1, 0.15) is 11.1 Å². The van der Waals surface area contributed by atoms with Crippen molar-refractivity contribution < 1.29 is 17.9 Å². The molecule has 16 heavy (non-hydrogen) atoms. The molecule has 88 valence electrons. The Bertz CT molecular complexity index is 539. The molecule has 1 aliphatic heterocycles. The highest BCUT2D eigenvalue weighted by atomic mass is 35.7. The van der Waals surface area contributed by atoms with Crippen molar-refractivity contribution in [1.82, 2.24) is 0 Å². The van der Waals surface area contributed by atoms with Gasteiger partial charge in [0.05, 0.1) is 5.75 Å². The number of halogens is 2. The quantitative estimate of drug-likeness (QED) is 0.782. The van der Waals surface area contributed by atoms with E-state index >= 15 is 0 Å². The minimum absolute atomic E-state index is 0.115. The summed E-state index contributed by atoms with van der Waals surface area (Å²) >= 11 is 5.96. The standard InChI is InChI=1S/C9H8Cl2O4S/c1-5-6(3-16(11,12)13)7(10)2-8-9(5)15-4-14-8/h2H,3-4H2,1H3. The minimum Gasteiger partial charge on any atom is -0.454 e. The first-order valence-electron chi connectivity index (χ1n) is 4.38. The predicted molar refractivity (Wildman–Crippen MR) is 60.8 cm³/mol. The van der Waals surface area contributed by atoms with Crippen LogP contribution < -0.4 is 9.47 Å². The van der Waals surface area contributed by atoms with Gasteiger partial charge >= 0.3 is 0 Å². The summed E-state index contributed by atoms with van der Waals surface area (Å²) in [5, 5.41) is 0.311. The fourth-order valence-corrected chi connectivity index (χ4v) is 2.99. The molecule has 0 fully saturated rings. The van der Waals surface area contributed by atoms with Crippen molar-refractivity contribution in [3.05, 3.63) is 22.2 Å². The zero-order chi connectivity index (χ0) is 11.9. The van der Waals surface area contributed by atoms with Gasteiger partial charge in [-0.3, -0.25) is 0 Å². The third kappa shape index (κ3) is 2.21. The van der Waals surface area contributed by atoms with Crippen LogP contribution >= 0.6 is 22.3 Å². The molecule has 0 spiro atoms. The van der Waals surface area contributed by atoms with Gasteiger partial charge in [-0.05, 0) is 12.5 Å². The van der Waals surface area contributed by atoms with E-state index in [1.807, 2.05) is 0 Å². The molecule has 7 heteroatoms. The van der Waals surface area contributed by atoms with Crippen LogP contribution in [0.15, 0.2) is 6.07 Å². The van der Waals surface area contributed by atoms with Crippen molar-refractivity contribution in [2.75, 3.05) is 6.79 Å². The third-order valence-electron chi connectivity index (χ3n) is 2.30. The monoisotopic (exact) mass is 282 g/mol. The number of rotatable bonds is 2. The van der Waals surface area contributed by atoms with Crippen LogP contribution in [0.2, 0.25) is 5.02 Å². The number of fused-ring (bicyclic) bond motifs is 1. The summed E-state index contributed by atoms with van der Waals surface area (Å²) < 4.78 is 32.5. The molecule has 0 saturated carbocycles. The van der Waals surface area contributed by atoms with E-state index in [2.05, 4.69) is 0 Å². The van der Waals surface area contributed by atoms with Crippen molar-refractivity contribution in [3.8, 4) is 11.5 Å². The molecule has 0 aromatic heterocycles. The zero-order valence-corrected chi connectivity index (χ0v) is 10.6. The normalized spacial score (nSPS) is 14.2. The van der Waals surface area contributed by atoms with Crippen molar-refractivity contribution >= 4 is 31.3 Å². The highest BCUT2D eigenvalue weighted by Gasteiger charge is 2.23. The van der Waals surface area contributed by atoms with Gasteiger partial charge in [0.2, 0.25) is 15.8 Å². The van der Waals surface area contributed by atoms with Crippen LogP contribution in [0, 0.1) is 6.92 Å². The fourth-order valence-electron chi connectivity index (χ4n) is 1.56. The van der Waals surface area contributed by atoms with Crippen molar-refractivity contribution in [2.24, 2.45) is 0 Å². The maximum Gasteiger partial charge on any atom is 0.236 e. The first-order chi connectivity index (χ1) is 7.38. The lowest BCUT2D eigenvalue weighted by atomic mass is 10.1. The average molecular weight is 283 g/mol. The van der Waals surface area contributed by atoms with Crippen LogP contribution in [0.5, 0.6) is 11.5 Å². The molecular formula is C9H8Cl2O4S. The van der Waals surface area contributed by atoms with E-state index in [1.165, 1.54) is 6.07 Å². The van der Waals surface area contributed by atoms with Crippen LogP contribution in [0.4, 0.5) is 0 Å². The van der Waals surface area contributed by atoms with Crippen molar-refractivity contribution in [2.45, 2.75) is 12.7 Å². The van der Waals surface area contributed by atoms with E-state index in [-0.39, 0.29) is 12.5 Å². The second-order valence-electron chi connectivity index (χ2n) is 3.38. The summed E-state index contributed by atoms with van der Waals surface area (Å²) in [6, 6.07) is 1.54. The Balaban J connectivity index is 2.54. The van der Waals surface area contributed by atoms with E-state index in [4.69, 9.17) is 31.8 Å². The Kier molecular flexibility index (Phi) is 2.94. The lowest BCUT2D eigenvalue weighted by Gasteiger charge is -2.09. The van der Waals surface area contributed by atoms with Gasteiger partial charge in [-0.1, -0.05) is 11.6 Å². The van der Waals surface area contributed by atoms with Crippen molar-refractivity contribution in [3.63, 3.8) is 0 Å². The SMILES string of the molecule is Cc1c(CS(=O)(=O)Cl)c(Cl)cc2c1OCO2. The van der Waals surface area contributed by atoms with Crippen LogP contribution in [0.25, 0.3) is 0 Å². The summed E-state index contributed by atoms with van der Waals surface area (Å²) in [5.41, 5.74) is 1.09. The Labute approximate surface area is 102 Å². The summed E-state index contributed by atoms with van der Waals surface area (Å²) in [4.78, 5) is 0. The molecule has 0 unspecified atom stereocenters. The molecule has 0 bridgehead atoms. The van der Waals surface area contributed by atoms with Gasteiger partial charge in [0.15, 0.2) is 11.5 Å². The number of ether oxygens (including phenoxy) is 2. The van der Waals surface area contributed by atoms with E-state index in [1.54, 1.807) is 6.92 Å². The molecule has 0 N–H and O–H groups in total. The maximum absolute atomic E-state index is 11.0. The fraction of sp³-hybridized carbons (Fsp3) is 0.333. The van der Waals surface area contributed by atoms with Gasteiger partial charge in [-0.15, -0.1) is 0 Å². The third-order valence-corrected chi connectivity index (χ3v) is 3.60. The number of benzene rings is 1. The molecule has 0 radical (unpaired) electrons. The molecule has 1 heterocycles. The summed E-state index contributed by atoms with van der Waals surface area (Å²) in [6.07, 6.45) is 0. The zero-order valence-electron chi connectivity index (χ0n) is 8.29. The molecule has 0 saturated heterocycles. The summed E-state index contributed by atoms with van der Waals surface area (Å²) in [5.74, 6) is 0.730. The Hall–Kier alpha value is -0.650. The lowest BCUT2D eigenvalue weighted by Crippen LogP contribution is -2.00. The van der Waals surface area contributed by atoms with Gasteiger partial charge in [0.1, 0.15) is 0 Å². The lowest BCUT2D eigenvalue weighted by molar-refractivity contribution is 0.173. The molecule has 1 aliphatic rings. The largest absolute Gasteiger partial charge is 0.454 e. The van der Waals surface area contributed by atoms with Gasteiger partial charge in [0.25, 0.3) is 0 Å². The summed E-state index contributed by atoms with van der Waals surface area (Å²) in [7, 11) is 1.56. The molecule has 1 aromatic carbocycles. The maximum atomic E-state index is 11.0. The van der Waals surface area contributed by atoms with Gasteiger partial charge in [-0.2, -0.15) is 0 Å². The van der Waals surface area contributed by atoms with E-state index < -0.39 is 9.05 Å². The van der Waals surface area contributed by atoms with Gasteiger partial charge < -0.3 is 9.47 Å². The molecule has 0 atom stereocenters. The number of hydrogen-bond acceptors (Lipinski definition) is 4. The van der Waals surface area contributed by atoms with E-state index in [0.717, 1.165) is 0 Å². The second-order valence-corrected chi connectivity index (χ2v) is 6.56. The molecular weight excluding hydrogens is 275 g/mol. The Morgan fingerprint density at radius 3 is 2.75 bits per heavy atom. The van der Waals surface area contributed by atoms with E-state index in [0.29, 0.717) is 27.6 Å². The topological polar surface area (TPSA) is 52.6 Å². The van der Waals surface area contributed by atoms with Crippen molar-refractivity contribution in [1.29, 1.82) is 0 Å². The molecule has 0 aliphatic carbocycles. The molecule has 1 aromatic rings. The Morgan fingerprint density at radius 2 is 2.12 bits per heavy atom. The molecule has 0 amide bonds. The van der Waals surface area contributed by atoms with E-state index in [9.17, 15) is 8.42 Å². The Morgan fingerprint density at radius 1 is 1.44 bits per heavy atom. The minimum atomic E-state index is -3.65. The first-order valence-corrected chi connectivity index (χ1v) is 7.24. The van der Waals surface area contributed by atoms with Crippen LogP contribution in [-0.4, -0.2) is 15.2 Å². The average Bonchev–Trinajstić information content (AvgIpc) is 2.58. The highest BCUT2D eigenvalue weighted by molar-refractivity contribution is 8.13. The summed E-state index contributed by atoms with van der Waals surface area (Å²) in [6.45, 7) is 1.83. The first kappa shape index (κ1) is 11.8. The smallest absolute Gasteiger partial charge is 0.236 e. The molecule has 4 nitrogen and oxygen atoms in total. The van der Waals surface area contributed by atoms with Gasteiger partial charge in [-0.25, -0.2) is 8.42 Å². The predicted octanol–water partition coefficient (Wildman–Crippen LogP) is 2.45.